The maximum Gasteiger partial charge on any atom is 0.330 e. The van der Waals surface area contributed by atoms with Crippen molar-refractivity contribution in [2.45, 2.75) is 40.2 Å². The van der Waals surface area contributed by atoms with E-state index >= 15 is 0 Å². The van der Waals surface area contributed by atoms with Gasteiger partial charge in [0, 0.05) is 18.1 Å². The molecular formula is C20H29ClN4O3. The summed E-state index contributed by atoms with van der Waals surface area (Å²) in [5.74, 6) is 1.20. The number of unbranched alkanes of at least 4 members (excludes halogenated alkanes) is 1. The first-order valence-corrected chi connectivity index (χ1v) is 9.97. The van der Waals surface area contributed by atoms with E-state index < -0.39 is 11.2 Å². The van der Waals surface area contributed by atoms with E-state index in [2.05, 4.69) is 18.8 Å². The van der Waals surface area contributed by atoms with E-state index in [-0.39, 0.29) is 5.82 Å². The van der Waals surface area contributed by atoms with Crippen LogP contribution in [0.5, 0.6) is 5.75 Å². The van der Waals surface area contributed by atoms with Gasteiger partial charge in [-0.1, -0.05) is 38.8 Å². The molecule has 0 aliphatic heterocycles. The standard InChI is InChI=1S/C20H29ClN4O3/c1-4-5-10-25-18(22)17(19(26)23-20(25)27)24(13-14(2)3)11-12-28-16-8-6-15(21)7-9-16/h6-9,14H,4-5,10-13,22H2,1-3H3,(H,23,26,27). The molecule has 0 saturated heterocycles. The number of anilines is 2. The number of halogens is 1. The fraction of sp³-hybridized carbons (Fsp3) is 0.500. The maximum atomic E-state index is 12.5. The molecule has 0 atom stereocenters. The number of nitrogens with one attached hydrogen (secondary N) is 1. The van der Waals surface area contributed by atoms with Crippen LogP contribution in [0.3, 0.4) is 0 Å². The highest BCUT2D eigenvalue weighted by Gasteiger charge is 2.19. The van der Waals surface area contributed by atoms with Gasteiger partial charge in [0.05, 0.1) is 6.54 Å². The number of benzene rings is 1. The Morgan fingerprint density at radius 2 is 1.93 bits per heavy atom. The van der Waals surface area contributed by atoms with Gasteiger partial charge in [0.2, 0.25) is 0 Å². The zero-order chi connectivity index (χ0) is 20.7. The third-order valence-electron chi connectivity index (χ3n) is 4.29. The summed E-state index contributed by atoms with van der Waals surface area (Å²) >= 11 is 5.89. The fourth-order valence-corrected chi connectivity index (χ4v) is 3.09. The number of nitrogen functional groups attached to an aromatic ring is 1. The number of rotatable bonds is 10. The van der Waals surface area contributed by atoms with Gasteiger partial charge < -0.3 is 15.4 Å². The first-order chi connectivity index (χ1) is 13.3. The summed E-state index contributed by atoms with van der Waals surface area (Å²) in [4.78, 5) is 29.0. The molecule has 0 amide bonds. The van der Waals surface area contributed by atoms with Crippen molar-refractivity contribution in [1.29, 1.82) is 0 Å². The highest BCUT2D eigenvalue weighted by Crippen LogP contribution is 2.19. The lowest BCUT2D eigenvalue weighted by molar-refractivity contribution is 0.321. The fourth-order valence-electron chi connectivity index (χ4n) is 2.96. The van der Waals surface area contributed by atoms with Gasteiger partial charge >= 0.3 is 5.69 Å². The summed E-state index contributed by atoms with van der Waals surface area (Å²) in [6.07, 6.45) is 1.73. The summed E-state index contributed by atoms with van der Waals surface area (Å²) in [6, 6.07) is 7.10. The zero-order valence-corrected chi connectivity index (χ0v) is 17.5. The zero-order valence-electron chi connectivity index (χ0n) is 16.7. The Kier molecular flexibility index (Phi) is 7.99. The van der Waals surface area contributed by atoms with Crippen LogP contribution in [0.4, 0.5) is 11.5 Å². The van der Waals surface area contributed by atoms with Crippen LogP contribution < -0.4 is 26.6 Å². The summed E-state index contributed by atoms with van der Waals surface area (Å²) in [5.41, 5.74) is 5.63. The topological polar surface area (TPSA) is 93.3 Å². The largest absolute Gasteiger partial charge is 0.492 e. The molecule has 7 nitrogen and oxygen atoms in total. The molecule has 0 unspecified atom stereocenters. The highest BCUT2D eigenvalue weighted by molar-refractivity contribution is 6.30. The third-order valence-corrected chi connectivity index (χ3v) is 4.55. The predicted molar refractivity (Wildman–Crippen MR) is 115 cm³/mol. The van der Waals surface area contributed by atoms with Crippen molar-refractivity contribution in [2.24, 2.45) is 5.92 Å². The van der Waals surface area contributed by atoms with Crippen LogP contribution in [-0.4, -0.2) is 29.2 Å². The van der Waals surface area contributed by atoms with E-state index in [1.807, 2.05) is 11.8 Å². The van der Waals surface area contributed by atoms with Crippen molar-refractivity contribution in [1.82, 2.24) is 9.55 Å². The van der Waals surface area contributed by atoms with Gasteiger partial charge in [0.15, 0.2) is 0 Å². The van der Waals surface area contributed by atoms with Gasteiger partial charge in [0.1, 0.15) is 23.9 Å². The van der Waals surface area contributed by atoms with Crippen molar-refractivity contribution < 1.29 is 4.74 Å². The lowest BCUT2D eigenvalue weighted by Gasteiger charge is -2.27. The summed E-state index contributed by atoms with van der Waals surface area (Å²) in [6.45, 7) is 8.06. The molecule has 154 valence electrons. The number of nitrogens with two attached hydrogens (primary N) is 1. The Labute approximate surface area is 170 Å². The van der Waals surface area contributed by atoms with Gasteiger partial charge in [-0.3, -0.25) is 14.3 Å². The molecule has 0 fully saturated rings. The molecule has 0 spiro atoms. The summed E-state index contributed by atoms with van der Waals surface area (Å²) in [5, 5.41) is 0.641. The first-order valence-electron chi connectivity index (χ1n) is 9.59. The SMILES string of the molecule is CCCCn1c(N)c(N(CCOc2ccc(Cl)cc2)CC(C)C)c(=O)[nH]c1=O. The van der Waals surface area contributed by atoms with Crippen molar-refractivity contribution in [2.75, 3.05) is 30.3 Å². The van der Waals surface area contributed by atoms with Crippen molar-refractivity contribution in [3.63, 3.8) is 0 Å². The van der Waals surface area contributed by atoms with Gasteiger partial charge in [-0.15, -0.1) is 0 Å². The van der Waals surface area contributed by atoms with E-state index in [1.54, 1.807) is 24.3 Å². The van der Waals surface area contributed by atoms with Crippen molar-refractivity contribution in [3.8, 4) is 5.75 Å². The minimum absolute atomic E-state index is 0.203. The highest BCUT2D eigenvalue weighted by atomic mass is 35.5. The van der Waals surface area contributed by atoms with Crippen LogP contribution in [0, 0.1) is 5.92 Å². The Hall–Kier alpha value is -2.41. The molecule has 28 heavy (non-hydrogen) atoms. The lowest BCUT2D eigenvalue weighted by Crippen LogP contribution is -2.41. The van der Waals surface area contributed by atoms with E-state index in [4.69, 9.17) is 22.1 Å². The first kappa shape index (κ1) is 21.9. The average Bonchev–Trinajstić information content (AvgIpc) is 2.62. The minimum atomic E-state index is -0.471. The number of H-pyrrole nitrogens is 1. The minimum Gasteiger partial charge on any atom is -0.492 e. The second kappa shape index (κ2) is 10.2. The molecule has 0 aliphatic carbocycles. The van der Waals surface area contributed by atoms with E-state index in [9.17, 15) is 9.59 Å². The Bertz CT molecular complexity index is 875. The molecule has 8 heteroatoms. The number of hydrogen-bond donors (Lipinski definition) is 2. The average molecular weight is 409 g/mol. The Morgan fingerprint density at radius 1 is 1.25 bits per heavy atom. The Balaban J connectivity index is 2.25. The molecule has 0 bridgehead atoms. The van der Waals surface area contributed by atoms with E-state index in [0.717, 1.165) is 12.8 Å². The van der Waals surface area contributed by atoms with E-state index in [1.165, 1.54) is 4.57 Å². The lowest BCUT2D eigenvalue weighted by atomic mass is 10.2. The molecule has 3 N–H and O–H groups in total. The van der Waals surface area contributed by atoms with Gasteiger partial charge in [-0.2, -0.15) is 0 Å². The maximum absolute atomic E-state index is 12.5. The Morgan fingerprint density at radius 3 is 2.54 bits per heavy atom. The smallest absolute Gasteiger partial charge is 0.330 e. The number of aromatic nitrogens is 2. The second-order valence-corrected chi connectivity index (χ2v) is 7.58. The monoisotopic (exact) mass is 408 g/mol. The van der Waals surface area contributed by atoms with Crippen molar-refractivity contribution >= 4 is 23.1 Å². The van der Waals surface area contributed by atoms with Crippen LogP contribution in [0.25, 0.3) is 0 Å². The molecule has 0 saturated carbocycles. The third kappa shape index (κ3) is 5.79. The normalized spacial score (nSPS) is 11.0. The molecule has 1 aromatic carbocycles. The van der Waals surface area contributed by atoms with Crippen LogP contribution in [0.2, 0.25) is 5.02 Å². The molecule has 2 aromatic rings. The molecule has 2 rings (SSSR count). The molecule has 0 radical (unpaired) electrons. The predicted octanol–water partition coefficient (Wildman–Crippen LogP) is 3.11. The van der Waals surface area contributed by atoms with Gasteiger partial charge in [0.25, 0.3) is 5.56 Å². The molecule has 1 heterocycles. The number of hydrogen-bond acceptors (Lipinski definition) is 5. The van der Waals surface area contributed by atoms with Crippen LogP contribution in [0.1, 0.15) is 33.6 Å². The number of nitrogens with zero attached hydrogens (tertiary/aromatic N) is 2. The number of ether oxygens (including phenoxy) is 1. The van der Waals surface area contributed by atoms with Crippen LogP contribution in [0.15, 0.2) is 33.9 Å². The summed E-state index contributed by atoms with van der Waals surface area (Å²) < 4.78 is 7.21. The summed E-state index contributed by atoms with van der Waals surface area (Å²) in [7, 11) is 0. The quantitative estimate of drug-likeness (QED) is 0.630. The van der Waals surface area contributed by atoms with Crippen molar-refractivity contribution in [3.05, 3.63) is 50.1 Å². The molecular weight excluding hydrogens is 380 g/mol. The van der Waals surface area contributed by atoms with Gasteiger partial charge in [-0.25, -0.2) is 4.79 Å². The van der Waals surface area contributed by atoms with Crippen LogP contribution >= 0.6 is 11.6 Å². The molecule has 1 aromatic heterocycles. The van der Waals surface area contributed by atoms with E-state index in [0.29, 0.717) is 48.6 Å². The molecule has 0 aliphatic rings. The second-order valence-electron chi connectivity index (χ2n) is 7.14. The number of aromatic amines is 1. The van der Waals surface area contributed by atoms with Crippen LogP contribution in [-0.2, 0) is 6.54 Å². The van der Waals surface area contributed by atoms with Gasteiger partial charge in [-0.05, 0) is 36.6 Å².